The summed E-state index contributed by atoms with van der Waals surface area (Å²) in [5.74, 6) is 0. The van der Waals surface area contributed by atoms with E-state index in [2.05, 4.69) is 193 Å². The van der Waals surface area contributed by atoms with Crippen LogP contribution in [0.2, 0.25) is 0 Å². The molecule has 0 fully saturated rings. The van der Waals surface area contributed by atoms with Gasteiger partial charge >= 0.3 is 0 Å². The van der Waals surface area contributed by atoms with Gasteiger partial charge in [0.2, 0.25) is 0 Å². The van der Waals surface area contributed by atoms with Gasteiger partial charge in [0.1, 0.15) is 22.3 Å². The van der Waals surface area contributed by atoms with Crippen LogP contribution in [0.4, 0.5) is 17.1 Å². The van der Waals surface area contributed by atoms with Crippen LogP contribution in [-0.2, 0) is 0 Å². The van der Waals surface area contributed by atoms with E-state index in [-0.39, 0.29) is 0 Å². The Hall–Kier alpha value is -7.36. The Morgan fingerprint density at radius 3 is 1.80 bits per heavy atom. The summed E-state index contributed by atoms with van der Waals surface area (Å²) in [5, 5.41) is 6.78. The Balaban J connectivity index is 1.11. The van der Waals surface area contributed by atoms with Crippen LogP contribution in [-0.4, -0.2) is 0 Å². The average molecular weight is 704 g/mol. The first kappa shape index (κ1) is 31.2. The van der Waals surface area contributed by atoms with Crippen molar-refractivity contribution in [2.45, 2.75) is 0 Å². The summed E-state index contributed by atoms with van der Waals surface area (Å²) in [5.41, 5.74) is 13.6. The standard InChI is InChI=1S/C52H33NO2/c1-2-13-35(14-3-1)39-16-6-9-21-46(39)53(38-29-25-34(26-30-38)37-28-31-43-42-19-8-11-23-48(42)54-50(43)33-37)47-22-10-7-18-41(47)44-20-12-24-49-51(44)45-32-27-36-15-4-5-17-40(36)52(45)55-49/h1-33H. The molecule has 55 heavy (non-hydrogen) atoms. The molecule has 0 saturated carbocycles. The van der Waals surface area contributed by atoms with E-state index in [9.17, 15) is 0 Å². The molecule has 0 aliphatic carbocycles. The van der Waals surface area contributed by atoms with E-state index in [1.54, 1.807) is 0 Å². The average Bonchev–Trinajstić information content (AvgIpc) is 3.83. The summed E-state index contributed by atoms with van der Waals surface area (Å²) in [6.07, 6.45) is 0. The topological polar surface area (TPSA) is 29.5 Å². The lowest BCUT2D eigenvalue weighted by Crippen LogP contribution is -2.12. The third kappa shape index (κ3) is 5.13. The Morgan fingerprint density at radius 1 is 0.327 bits per heavy atom. The van der Waals surface area contributed by atoms with Gasteiger partial charge in [0.25, 0.3) is 0 Å². The van der Waals surface area contributed by atoms with E-state index in [1.165, 1.54) is 5.39 Å². The van der Waals surface area contributed by atoms with Crippen LogP contribution in [0.25, 0.3) is 88.0 Å². The highest BCUT2D eigenvalue weighted by Crippen LogP contribution is 2.48. The summed E-state index contributed by atoms with van der Waals surface area (Å²) in [6.45, 7) is 0. The zero-order valence-corrected chi connectivity index (χ0v) is 29.8. The SMILES string of the molecule is c1ccc(-c2ccccc2N(c2ccc(-c3ccc4c(c3)oc3ccccc34)cc2)c2ccccc2-c2cccc3oc4c5ccccc5ccc4c23)cc1. The normalized spacial score (nSPS) is 11.6. The highest BCUT2D eigenvalue weighted by atomic mass is 16.3. The molecule has 0 saturated heterocycles. The van der Waals surface area contributed by atoms with Gasteiger partial charge in [0.15, 0.2) is 0 Å². The summed E-state index contributed by atoms with van der Waals surface area (Å²) in [4.78, 5) is 2.40. The predicted molar refractivity (Wildman–Crippen MR) is 229 cm³/mol. The Morgan fingerprint density at radius 2 is 0.945 bits per heavy atom. The first-order chi connectivity index (χ1) is 27.3. The molecule has 3 heteroatoms. The zero-order valence-electron chi connectivity index (χ0n) is 29.8. The number of hydrogen-bond acceptors (Lipinski definition) is 3. The second-order valence-corrected chi connectivity index (χ2v) is 14.0. The fourth-order valence-corrected chi connectivity index (χ4v) is 8.32. The summed E-state index contributed by atoms with van der Waals surface area (Å²) < 4.78 is 12.9. The number of hydrogen-bond donors (Lipinski definition) is 0. The van der Waals surface area contributed by atoms with Crippen molar-refractivity contribution in [2.24, 2.45) is 0 Å². The van der Waals surface area contributed by atoms with E-state index in [0.29, 0.717) is 0 Å². The second kappa shape index (κ2) is 12.6. The minimum Gasteiger partial charge on any atom is -0.456 e. The molecule has 0 amide bonds. The van der Waals surface area contributed by atoms with Crippen LogP contribution in [0.1, 0.15) is 0 Å². The minimum atomic E-state index is 0.876. The van der Waals surface area contributed by atoms with E-state index in [4.69, 9.17) is 8.83 Å². The number of benzene rings is 9. The van der Waals surface area contributed by atoms with E-state index in [1.807, 2.05) is 12.1 Å². The zero-order chi connectivity index (χ0) is 36.3. The number of furan rings is 2. The molecule has 2 heterocycles. The first-order valence-electron chi connectivity index (χ1n) is 18.7. The summed E-state index contributed by atoms with van der Waals surface area (Å²) in [7, 11) is 0. The van der Waals surface area contributed by atoms with Crippen molar-refractivity contribution in [1.82, 2.24) is 0 Å². The molecule has 0 bridgehead atoms. The van der Waals surface area contributed by atoms with Crippen LogP contribution >= 0.6 is 0 Å². The van der Waals surface area contributed by atoms with Gasteiger partial charge in [-0.15, -0.1) is 0 Å². The molecule has 0 atom stereocenters. The number of para-hydroxylation sites is 3. The number of anilines is 3. The van der Waals surface area contributed by atoms with Crippen LogP contribution in [0.3, 0.4) is 0 Å². The molecule has 0 radical (unpaired) electrons. The van der Waals surface area contributed by atoms with Gasteiger partial charge in [-0.3, -0.25) is 0 Å². The molecular weight excluding hydrogens is 671 g/mol. The van der Waals surface area contributed by atoms with Crippen LogP contribution in [0.5, 0.6) is 0 Å². The van der Waals surface area contributed by atoms with E-state index >= 15 is 0 Å². The van der Waals surface area contributed by atoms with Crippen molar-refractivity contribution in [3.8, 4) is 33.4 Å². The third-order valence-electron chi connectivity index (χ3n) is 10.9. The fraction of sp³-hybridized carbons (Fsp3) is 0. The monoisotopic (exact) mass is 703 g/mol. The van der Waals surface area contributed by atoms with Crippen molar-refractivity contribution in [1.29, 1.82) is 0 Å². The third-order valence-corrected chi connectivity index (χ3v) is 10.9. The molecule has 2 aromatic heterocycles. The highest BCUT2D eigenvalue weighted by Gasteiger charge is 2.23. The fourth-order valence-electron chi connectivity index (χ4n) is 8.32. The van der Waals surface area contributed by atoms with E-state index < -0.39 is 0 Å². The lowest BCUT2D eigenvalue weighted by molar-refractivity contribution is 0.669. The molecule has 0 aliphatic rings. The van der Waals surface area contributed by atoms with Crippen LogP contribution in [0.15, 0.2) is 209 Å². The van der Waals surface area contributed by atoms with Crippen molar-refractivity contribution in [3.05, 3.63) is 200 Å². The minimum absolute atomic E-state index is 0.876. The maximum atomic E-state index is 6.65. The molecule has 11 aromatic rings. The molecule has 0 N–H and O–H groups in total. The maximum absolute atomic E-state index is 6.65. The van der Waals surface area contributed by atoms with Gasteiger partial charge < -0.3 is 13.7 Å². The number of rotatable bonds is 6. The predicted octanol–water partition coefficient (Wildman–Crippen LogP) is 15.1. The highest BCUT2D eigenvalue weighted by molar-refractivity contribution is 6.20. The quantitative estimate of drug-likeness (QED) is 0.173. The van der Waals surface area contributed by atoms with E-state index in [0.717, 1.165) is 99.7 Å². The smallest absolute Gasteiger partial charge is 0.143 e. The number of nitrogens with zero attached hydrogens (tertiary/aromatic N) is 1. The van der Waals surface area contributed by atoms with Crippen LogP contribution in [0, 0.1) is 0 Å². The molecular formula is C52H33NO2. The Bertz CT molecular complexity index is 3210. The van der Waals surface area contributed by atoms with Gasteiger partial charge in [-0.2, -0.15) is 0 Å². The van der Waals surface area contributed by atoms with Crippen molar-refractivity contribution >= 4 is 71.7 Å². The van der Waals surface area contributed by atoms with Crippen LogP contribution < -0.4 is 4.90 Å². The van der Waals surface area contributed by atoms with Gasteiger partial charge in [0, 0.05) is 43.7 Å². The van der Waals surface area contributed by atoms with Crippen molar-refractivity contribution in [2.75, 3.05) is 4.90 Å². The first-order valence-corrected chi connectivity index (χ1v) is 18.7. The van der Waals surface area contributed by atoms with Gasteiger partial charge in [-0.05, 0) is 82.2 Å². The summed E-state index contributed by atoms with van der Waals surface area (Å²) in [6, 6.07) is 71.0. The lowest BCUT2D eigenvalue weighted by atomic mass is 9.95. The molecule has 0 unspecified atom stereocenters. The van der Waals surface area contributed by atoms with Crippen molar-refractivity contribution in [3.63, 3.8) is 0 Å². The molecule has 11 rings (SSSR count). The lowest BCUT2D eigenvalue weighted by Gasteiger charge is -2.30. The van der Waals surface area contributed by atoms with Crippen molar-refractivity contribution < 1.29 is 8.83 Å². The largest absolute Gasteiger partial charge is 0.456 e. The summed E-state index contributed by atoms with van der Waals surface area (Å²) >= 11 is 0. The van der Waals surface area contributed by atoms with Gasteiger partial charge in [0.05, 0.1) is 11.4 Å². The van der Waals surface area contributed by atoms with Gasteiger partial charge in [-0.25, -0.2) is 0 Å². The number of fused-ring (bicyclic) bond motifs is 8. The molecule has 3 nitrogen and oxygen atoms in total. The second-order valence-electron chi connectivity index (χ2n) is 14.0. The Labute approximate surface area is 317 Å². The molecule has 0 aliphatic heterocycles. The van der Waals surface area contributed by atoms with Gasteiger partial charge in [-0.1, -0.05) is 146 Å². The maximum Gasteiger partial charge on any atom is 0.143 e. The Kier molecular flexibility index (Phi) is 7.17. The molecule has 258 valence electrons. The molecule has 0 spiro atoms. The molecule has 9 aromatic carbocycles.